The maximum absolute atomic E-state index is 5.58. The number of aliphatic imine (C=N–C) groups is 1. The summed E-state index contributed by atoms with van der Waals surface area (Å²) in [6.45, 7) is 8.07. The Morgan fingerprint density at radius 2 is 2.12 bits per heavy atom. The van der Waals surface area contributed by atoms with Gasteiger partial charge in [0.1, 0.15) is 5.75 Å². The van der Waals surface area contributed by atoms with Crippen LogP contribution >= 0.6 is 0 Å². The second kappa shape index (κ2) is 9.09. The van der Waals surface area contributed by atoms with Crippen molar-refractivity contribution < 1.29 is 4.74 Å². The average molecular weight is 345 g/mol. The summed E-state index contributed by atoms with van der Waals surface area (Å²) in [5.41, 5.74) is 2.71. The third kappa shape index (κ3) is 5.36. The normalized spacial score (nSPS) is 18.7. The van der Waals surface area contributed by atoms with E-state index in [1.807, 2.05) is 0 Å². The number of nitrogens with one attached hydrogen (secondary N) is 2. The third-order valence-electron chi connectivity index (χ3n) is 5.15. The zero-order valence-corrected chi connectivity index (χ0v) is 15.7. The van der Waals surface area contributed by atoms with Crippen molar-refractivity contribution in [2.24, 2.45) is 10.9 Å². The molecule has 1 fully saturated rings. The van der Waals surface area contributed by atoms with Crippen molar-refractivity contribution >= 4 is 5.96 Å². The quantitative estimate of drug-likeness (QED) is 0.613. The molecule has 0 aromatic heterocycles. The van der Waals surface area contributed by atoms with E-state index in [0.29, 0.717) is 0 Å². The van der Waals surface area contributed by atoms with E-state index in [2.05, 4.69) is 47.7 Å². The van der Waals surface area contributed by atoms with Gasteiger partial charge in [-0.3, -0.25) is 4.99 Å². The van der Waals surface area contributed by atoms with E-state index in [4.69, 9.17) is 9.73 Å². The second-order valence-electron chi connectivity index (χ2n) is 7.18. The molecule has 3 rings (SSSR count). The first-order chi connectivity index (χ1) is 12.2. The molecule has 0 spiro atoms. The molecule has 2 N–H and O–H groups in total. The van der Waals surface area contributed by atoms with E-state index in [9.17, 15) is 0 Å². The number of nitrogens with zero attached hydrogens (tertiary/aromatic N) is 2. The Morgan fingerprint density at radius 3 is 2.92 bits per heavy atom. The number of hydrogen-bond acceptors (Lipinski definition) is 3. The molecule has 0 unspecified atom stereocenters. The predicted octanol–water partition coefficient (Wildman–Crippen LogP) is 2.06. The first kappa shape index (κ1) is 18.1. The van der Waals surface area contributed by atoms with Crippen LogP contribution in [0, 0.1) is 5.92 Å². The molecule has 1 aromatic carbocycles. The Labute approximate surface area is 151 Å². The van der Waals surface area contributed by atoms with E-state index in [0.717, 1.165) is 56.7 Å². The molecule has 1 aromatic rings. The Hall–Kier alpha value is -1.75. The molecule has 2 aliphatic heterocycles. The Kier molecular flexibility index (Phi) is 6.56. The molecule has 25 heavy (non-hydrogen) atoms. The molecular formula is C20H32N4O. The number of benzene rings is 1. The number of fused-ring (bicyclic) bond motifs is 1. The van der Waals surface area contributed by atoms with Crippen molar-refractivity contribution in [3.05, 3.63) is 29.3 Å². The fraction of sp³-hybridized carbons (Fsp3) is 0.650. The largest absolute Gasteiger partial charge is 0.493 e. The lowest BCUT2D eigenvalue weighted by Gasteiger charge is -2.28. The fourth-order valence-corrected chi connectivity index (χ4v) is 3.53. The van der Waals surface area contributed by atoms with Gasteiger partial charge >= 0.3 is 0 Å². The van der Waals surface area contributed by atoms with E-state index < -0.39 is 0 Å². The molecule has 1 saturated heterocycles. The second-order valence-corrected chi connectivity index (χ2v) is 7.18. The first-order valence-electron chi connectivity index (χ1n) is 9.70. The van der Waals surface area contributed by atoms with Gasteiger partial charge in [0.15, 0.2) is 5.96 Å². The number of piperidine rings is 1. The summed E-state index contributed by atoms with van der Waals surface area (Å²) in [5.74, 6) is 2.74. The Morgan fingerprint density at radius 1 is 1.28 bits per heavy atom. The van der Waals surface area contributed by atoms with E-state index in [1.54, 1.807) is 0 Å². The van der Waals surface area contributed by atoms with Crippen LogP contribution in [0.15, 0.2) is 23.2 Å². The maximum atomic E-state index is 5.58. The van der Waals surface area contributed by atoms with Crippen LogP contribution in [0.1, 0.15) is 30.9 Å². The number of guanidine groups is 1. The maximum Gasteiger partial charge on any atom is 0.191 e. The minimum atomic E-state index is 0.725. The zero-order valence-electron chi connectivity index (χ0n) is 15.7. The van der Waals surface area contributed by atoms with Crippen LogP contribution in [-0.2, 0) is 12.8 Å². The third-order valence-corrected chi connectivity index (χ3v) is 5.15. The van der Waals surface area contributed by atoms with E-state index in [1.165, 1.54) is 37.1 Å². The highest BCUT2D eigenvalue weighted by Crippen LogP contribution is 2.25. The number of ether oxygens (including phenoxy) is 1. The Bertz CT molecular complexity index is 579. The highest BCUT2D eigenvalue weighted by Gasteiger charge is 2.16. The van der Waals surface area contributed by atoms with Gasteiger partial charge in [0.05, 0.1) is 6.61 Å². The first-order valence-corrected chi connectivity index (χ1v) is 9.70. The molecule has 0 saturated carbocycles. The van der Waals surface area contributed by atoms with Crippen molar-refractivity contribution in [2.75, 3.05) is 46.4 Å². The lowest BCUT2D eigenvalue weighted by Crippen LogP contribution is -2.39. The average Bonchev–Trinajstić information content (AvgIpc) is 3.09. The van der Waals surface area contributed by atoms with Gasteiger partial charge in [-0.25, -0.2) is 0 Å². The van der Waals surface area contributed by atoms with Crippen LogP contribution in [0.2, 0.25) is 0 Å². The van der Waals surface area contributed by atoms with Gasteiger partial charge in [-0.05, 0) is 69.4 Å². The molecule has 0 bridgehead atoms. The molecule has 138 valence electrons. The van der Waals surface area contributed by atoms with Crippen LogP contribution in [0.5, 0.6) is 5.75 Å². The van der Waals surface area contributed by atoms with Crippen molar-refractivity contribution in [1.82, 2.24) is 15.5 Å². The van der Waals surface area contributed by atoms with Crippen molar-refractivity contribution in [2.45, 2.75) is 32.6 Å². The summed E-state index contributed by atoms with van der Waals surface area (Å²) in [4.78, 5) is 7.22. The van der Waals surface area contributed by atoms with E-state index in [-0.39, 0.29) is 0 Å². The highest BCUT2D eigenvalue weighted by molar-refractivity contribution is 5.79. The summed E-state index contributed by atoms with van der Waals surface area (Å²) in [6.07, 6.45) is 4.57. The van der Waals surface area contributed by atoms with Gasteiger partial charge in [-0.15, -0.1) is 0 Å². The van der Waals surface area contributed by atoms with Crippen LogP contribution in [0.25, 0.3) is 0 Å². The molecule has 0 aliphatic carbocycles. The number of likely N-dealkylation sites (tertiary alicyclic amines) is 1. The molecule has 5 heteroatoms. The van der Waals surface area contributed by atoms with Gasteiger partial charge in [0.2, 0.25) is 0 Å². The van der Waals surface area contributed by atoms with Gasteiger partial charge in [0.25, 0.3) is 0 Å². The molecule has 0 atom stereocenters. The lowest BCUT2D eigenvalue weighted by molar-refractivity contribution is 0.223. The summed E-state index contributed by atoms with van der Waals surface area (Å²) in [7, 11) is 2.20. The molecule has 0 radical (unpaired) electrons. The topological polar surface area (TPSA) is 48.9 Å². The molecular weight excluding hydrogens is 312 g/mol. The van der Waals surface area contributed by atoms with Crippen LogP contribution in [0.4, 0.5) is 0 Å². The van der Waals surface area contributed by atoms with Crippen molar-refractivity contribution in [3.63, 3.8) is 0 Å². The smallest absolute Gasteiger partial charge is 0.191 e. The summed E-state index contributed by atoms with van der Waals surface area (Å²) < 4.78 is 5.58. The van der Waals surface area contributed by atoms with Crippen molar-refractivity contribution in [3.8, 4) is 5.75 Å². The van der Waals surface area contributed by atoms with Crippen LogP contribution in [-0.4, -0.2) is 57.2 Å². The van der Waals surface area contributed by atoms with Gasteiger partial charge in [-0.1, -0.05) is 12.1 Å². The molecule has 0 amide bonds. The van der Waals surface area contributed by atoms with Gasteiger partial charge in [-0.2, -0.15) is 0 Å². The van der Waals surface area contributed by atoms with E-state index >= 15 is 0 Å². The lowest BCUT2D eigenvalue weighted by atomic mass is 9.97. The molecule has 2 heterocycles. The molecule has 2 aliphatic rings. The minimum Gasteiger partial charge on any atom is -0.493 e. The minimum absolute atomic E-state index is 0.725. The zero-order chi connectivity index (χ0) is 17.5. The monoisotopic (exact) mass is 344 g/mol. The summed E-state index contributed by atoms with van der Waals surface area (Å²) in [5, 5.41) is 6.85. The summed E-state index contributed by atoms with van der Waals surface area (Å²) >= 11 is 0. The SMILES string of the molecule is CCNC(=NCC1CCN(C)CC1)NCCc1ccc2c(c1)CCO2. The highest BCUT2D eigenvalue weighted by atomic mass is 16.5. The van der Waals surface area contributed by atoms with Crippen LogP contribution in [0.3, 0.4) is 0 Å². The van der Waals surface area contributed by atoms with Crippen LogP contribution < -0.4 is 15.4 Å². The molecule has 5 nitrogen and oxygen atoms in total. The standard InChI is InChI=1S/C20H32N4O/c1-3-21-20(23-15-17-7-11-24(2)12-8-17)22-10-6-16-4-5-19-18(14-16)9-13-25-19/h4-5,14,17H,3,6-13,15H2,1-2H3,(H2,21,22,23). The fourth-order valence-electron chi connectivity index (χ4n) is 3.53. The van der Waals surface area contributed by atoms with Crippen molar-refractivity contribution in [1.29, 1.82) is 0 Å². The predicted molar refractivity (Wildman–Crippen MR) is 104 cm³/mol. The van der Waals surface area contributed by atoms with Gasteiger partial charge < -0.3 is 20.3 Å². The van der Waals surface area contributed by atoms with Gasteiger partial charge in [0, 0.05) is 26.1 Å². The number of hydrogen-bond donors (Lipinski definition) is 2. The summed E-state index contributed by atoms with van der Waals surface area (Å²) in [6, 6.07) is 6.57. The number of rotatable bonds is 6. The Balaban J connectivity index is 1.45.